The molecular weight excluding hydrogens is 296 g/mol. The number of rotatable bonds is 3. The summed E-state index contributed by atoms with van der Waals surface area (Å²) in [6.45, 7) is 3.64. The van der Waals surface area contributed by atoms with E-state index in [4.69, 9.17) is 39.5 Å². The maximum atomic E-state index is 11.2. The van der Waals surface area contributed by atoms with E-state index in [1.54, 1.807) is 12.1 Å². The van der Waals surface area contributed by atoms with Gasteiger partial charge in [0.25, 0.3) is 5.24 Å². The molecule has 0 spiro atoms. The molecule has 0 amide bonds. The van der Waals surface area contributed by atoms with E-state index in [1.807, 2.05) is 0 Å². The molecule has 0 atom stereocenters. The van der Waals surface area contributed by atoms with Gasteiger partial charge < -0.3 is 4.74 Å². The first-order valence-electron chi connectivity index (χ1n) is 5.56. The number of hydrogen-bond acceptors (Lipinski definition) is 3. The average Bonchev–Trinajstić information content (AvgIpc) is 2.35. The van der Waals surface area contributed by atoms with Crippen LogP contribution in [-0.2, 0) is 11.3 Å². The first kappa shape index (κ1) is 14.1. The van der Waals surface area contributed by atoms with E-state index in [-0.39, 0.29) is 0 Å². The molecule has 1 aliphatic rings. The summed E-state index contributed by atoms with van der Waals surface area (Å²) in [7, 11) is 0. The maximum Gasteiger partial charge on any atom is 0.253 e. The van der Waals surface area contributed by atoms with Gasteiger partial charge in [-0.1, -0.05) is 23.2 Å². The molecule has 0 aromatic heterocycles. The number of morpholine rings is 1. The molecule has 0 radical (unpaired) electrons. The van der Waals surface area contributed by atoms with Crippen molar-refractivity contribution >= 4 is 40.0 Å². The summed E-state index contributed by atoms with van der Waals surface area (Å²) >= 11 is 17.8. The van der Waals surface area contributed by atoms with Crippen LogP contribution in [0.4, 0.5) is 0 Å². The van der Waals surface area contributed by atoms with E-state index in [2.05, 4.69) is 4.90 Å². The Morgan fingerprint density at radius 2 is 1.94 bits per heavy atom. The van der Waals surface area contributed by atoms with Crippen molar-refractivity contribution in [3.63, 3.8) is 0 Å². The second-order valence-corrected chi connectivity index (χ2v) is 5.18. The predicted octanol–water partition coefficient (Wildman–Crippen LogP) is 3.20. The minimum Gasteiger partial charge on any atom is -0.379 e. The van der Waals surface area contributed by atoms with Crippen LogP contribution in [0.3, 0.4) is 0 Å². The Balaban J connectivity index is 2.25. The Kier molecular flexibility index (Phi) is 4.87. The Labute approximate surface area is 121 Å². The molecule has 1 saturated heterocycles. The molecule has 0 N–H and O–H groups in total. The number of benzene rings is 1. The SMILES string of the molecule is O=C(Cl)c1ccc(Cl)c(CN2CCOCC2)c1Cl. The van der Waals surface area contributed by atoms with Gasteiger partial charge in [0.15, 0.2) is 0 Å². The molecular formula is C12H12Cl3NO2. The Bertz CT molecular complexity index is 459. The standard InChI is InChI=1S/C12H12Cl3NO2/c13-10-2-1-8(12(15)17)11(14)9(10)7-16-3-5-18-6-4-16/h1-2H,3-7H2. The third-order valence-corrected chi connectivity index (χ3v) is 3.87. The van der Waals surface area contributed by atoms with E-state index in [0.29, 0.717) is 35.4 Å². The van der Waals surface area contributed by atoms with Crippen molar-refractivity contribution in [1.82, 2.24) is 4.90 Å². The van der Waals surface area contributed by atoms with Crippen LogP contribution < -0.4 is 0 Å². The zero-order chi connectivity index (χ0) is 13.1. The summed E-state index contributed by atoms with van der Waals surface area (Å²) < 4.78 is 5.28. The van der Waals surface area contributed by atoms with Crippen molar-refractivity contribution in [3.8, 4) is 0 Å². The van der Waals surface area contributed by atoms with Crippen LogP contribution in [0.5, 0.6) is 0 Å². The Morgan fingerprint density at radius 3 is 2.56 bits per heavy atom. The van der Waals surface area contributed by atoms with Crippen LogP contribution in [0.2, 0.25) is 10.0 Å². The maximum absolute atomic E-state index is 11.2. The fourth-order valence-corrected chi connectivity index (χ4v) is 2.66. The Morgan fingerprint density at radius 1 is 1.28 bits per heavy atom. The quantitative estimate of drug-likeness (QED) is 0.803. The Hall–Kier alpha value is -0.320. The molecule has 3 nitrogen and oxygen atoms in total. The van der Waals surface area contributed by atoms with E-state index in [1.165, 1.54) is 0 Å². The van der Waals surface area contributed by atoms with Gasteiger partial charge in [0, 0.05) is 30.2 Å². The molecule has 0 aliphatic carbocycles. The van der Waals surface area contributed by atoms with Crippen molar-refractivity contribution in [2.45, 2.75) is 6.54 Å². The van der Waals surface area contributed by atoms with Gasteiger partial charge in [-0.3, -0.25) is 9.69 Å². The van der Waals surface area contributed by atoms with Gasteiger partial charge in [-0.15, -0.1) is 0 Å². The van der Waals surface area contributed by atoms with Crippen LogP contribution in [0.15, 0.2) is 12.1 Å². The lowest BCUT2D eigenvalue weighted by atomic mass is 10.1. The van der Waals surface area contributed by atoms with Gasteiger partial charge in [-0.25, -0.2) is 0 Å². The van der Waals surface area contributed by atoms with Crippen molar-refractivity contribution in [1.29, 1.82) is 0 Å². The highest BCUT2D eigenvalue weighted by Crippen LogP contribution is 2.30. The molecule has 18 heavy (non-hydrogen) atoms. The average molecular weight is 309 g/mol. The normalized spacial score (nSPS) is 16.8. The van der Waals surface area contributed by atoms with Gasteiger partial charge in [0.05, 0.1) is 23.8 Å². The number of hydrogen-bond donors (Lipinski definition) is 0. The van der Waals surface area contributed by atoms with Crippen LogP contribution in [0.25, 0.3) is 0 Å². The zero-order valence-corrected chi connectivity index (χ0v) is 11.9. The molecule has 98 valence electrons. The lowest BCUT2D eigenvalue weighted by molar-refractivity contribution is 0.0342. The topological polar surface area (TPSA) is 29.5 Å². The third-order valence-electron chi connectivity index (χ3n) is 2.88. The fraction of sp³-hybridized carbons (Fsp3) is 0.417. The second kappa shape index (κ2) is 6.22. The largest absolute Gasteiger partial charge is 0.379 e. The van der Waals surface area contributed by atoms with Crippen molar-refractivity contribution in [2.75, 3.05) is 26.3 Å². The highest BCUT2D eigenvalue weighted by atomic mass is 35.5. The van der Waals surface area contributed by atoms with E-state index in [0.717, 1.165) is 18.7 Å². The highest BCUT2D eigenvalue weighted by molar-refractivity contribution is 6.68. The van der Waals surface area contributed by atoms with E-state index < -0.39 is 5.24 Å². The number of halogens is 3. The molecule has 2 rings (SSSR count). The van der Waals surface area contributed by atoms with E-state index >= 15 is 0 Å². The zero-order valence-electron chi connectivity index (χ0n) is 9.59. The van der Waals surface area contributed by atoms with Crippen molar-refractivity contribution in [3.05, 3.63) is 33.3 Å². The summed E-state index contributed by atoms with van der Waals surface area (Å²) in [4.78, 5) is 13.4. The van der Waals surface area contributed by atoms with Gasteiger partial charge >= 0.3 is 0 Å². The molecule has 6 heteroatoms. The third kappa shape index (κ3) is 3.16. The number of carbonyl (C=O) groups is 1. The fourth-order valence-electron chi connectivity index (χ4n) is 1.88. The van der Waals surface area contributed by atoms with Gasteiger partial charge in [0.1, 0.15) is 0 Å². The van der Waals surface area contributed by atoms with Gasteiger partial charge in [-0.05, 0) is 23.7 Å². The van der Waals surface area contributed by atoms with Gasteiger partial charge in [0.2, 0.25) is 0 Å². The number of nitrogens with zero attached hydrogens (tertiary/aromatic N) is 1. The van der Waals surface area contributed by atoms with Crippen LogP contribution in [0, 0.1) is 0 Å². The summed E-state index contributed by atoms with van der Waals surface area (Å²) in [6.07, 6.45) is 0. The second-order valence-electron chi connectivity index (χ2n) is 4.05. The summed E-state index contributed by atoms with van der Waals surface area (Å²) in [6, 6.07) is 3.20. The first-order valence-corrected chi connectivity index (χ1v) is 6.70. The van der Waals surface area contributed by atoms with Gasteiger partial charge in [-0.2, -0.15) is 0 Å². The van der Waals surface area contributed by atoms with E-state index in [9.17, 15) is 4.79 Å². The van der Waals surface area contributed by atoms with Crippen molar-refractivity contribution in [2.24, 2.45) is 0 Å². The number of carbonyl (C=O) groups excluding carboxylic acids is 1. The smallest absolute Gasteiger partial charge is 0.253 e. The molecule has 1 aromatic rings. The number of ether oxygens (including phenoxy) is 1. The van der Waals surface area contributed by atoms with Crippen LogP contribution in [0.1, 0.15) is 15.9 Å². The molecule has 0 unspecified atom stereocenters. The molecule has 1 fully saturated rings. The monoisotopic (exact) mass is 307 g/mol. The summed E-state index contributed by atoms with van der Waals surface area (Å²) in [5, 5.41) is 0.321. The van der Waals surface area contributed by atoms with Crippen LogP contribution in [-0.4, -0.2) is 36.4 Å². The lowest BCUT2D eigenvalue weighted by Crippen LogP contribution is -2.35. The molecule has 0 bridgehead atoms. The molecule has 1 aromatic carbocycles. The van der Waals surface area contributed by atoms with Crippen LogP contribution >= 0.6 is 34.8 Å². The highest BCUT2D eigenvalue weighted by Gasteiger charge is 2.18. The summed E-state index contributed by atoms with van der Waals surface area (Å²) in [5.41, 5.74) is 1.04. The lowest BCUT2D eigenvalue weighted by Gasteiger charge is -2.27. The predicted molar refractivity (Wildman–Crippen MR) is 72.7 cm³/mol. The minimum absolute atomic E-state index is 0.297. The molecule has 1 heterocycles. The summed E-state index contributed by atoms with van der Waals surface area (Å²) in [5.74, 6) is 0. The minimum atomic E-state index is -0.570. The van der Waals surface area contributed by atoms with Crippen molar-refractivity contribution < 1.29 is 9.53 Å². The first-order chi connectivity index (χ1) is 8.59. The molecule has 0 saturated carbocycles. The molecule has 1 aliphatic heterocycles.